The molecule has 0 amide bonds. The van der Waals surface area contributed by atoms with Crippen molar-refractivity contribution in [1.82, 2.24) is 0 Å². The zero-order valence-electron chi connectivity index (χ0n) is 14.1. The molecular weight excluding hydrogens is 332 g/mol. The quantitative estimate of drug-likeness (QED) is 0.522. The molecule has 2 N–H and O–H groups in total. The second kappa shape index (κ2) is 9.43. The second-order valence-corrected chi connectivity index (χ2v) is 5.06. The minimum Gasteiger partial charge on any atom is -0.504 e. The van der Waals surface area contributed by atoms with Crippen molar-refractivity contribution in [2.24, 2.45) is 0 Å². The number of ketones is 1. The van der Waals surface area contributed by atoms with E-state index in [0.29, 0.717) is 5.56 Å². The van der Waals surface area contributed by atoms with Gasteiger partial charge in [-0.25, -0.2) is 0 Å². The highest BCUT2D eigenvalue weighted by Gasteiger charge is 2.28. The van der Waals surface area contributed by atoms with Gasteiger partial charge in [0.2, 0.25) is 0 Å². The molecule has 0 saturated heterocycles. The molecule has 0 aliphatic rings. The lowest BCUT2D eigenvalue weighted by atomic mass is 10.1. The van der Waals surface area contributed by atoms with Crippen LogP contribution in [-0.4, -0.2) is 53.9 Å². The van der Waals surface area contributed by atoms with Crippen LogP contribution in [0, 0.1) is 0 Å². The topological polar surface area (TPSA) is 119 Å². The average molecular weight is 352 g/mol. The summed E-state index contributed by atoms with van der Waals surface area (Å²) in [7, 11) is 1.39. The zero-order valence-corrected chi connectivity index (χ0v) is 14.1. The number of carbonyl (C=O) groups is 3. The molecule has 0 fully saturated rings. The molecule has 136 valence electrons. The number of phenols is 1. The van der Waals surface area contributed by atoms with Gasteiger partial charge in [-0.05, 0) is 23.8 Å². The number of hydrogen-bond donors (Lipinski definition) is 2. The third-order valence-corrected chi connectivity index (χ3v) is 3.06. The van der Waals surface area contributed by atoms with Crippen LogP contribution in [0.25, 0.3) is 6.08 Å². The molecule has 0 aromatic heterocycles. The van der Waals surface area contributed by atoms with E-state index in [9.17, 15) is 24.6 Å². The summed E-state index contributed by atoms with van der Waals surface area (Å²) >= 11 is 0. The van der Waals surface area contributed by atoms with Crippen LogP contribution in [0.1, 0.15) is 19.4 Å². The minimum atomic E-state index is -1.70. The van der Waals surface area contributed by atoms with Crippen LogP contribution in [0.3, 0.4) is 0 Å². The summed E-state index contributed by atoms with van der Waals surface area (Å²) in [5.74, 6) is -1.93. The number of ether oxygens (including phenoxy) is 3. The van der Waals surface area contributed by atoms with Crippen molar-refractivity contribution in [3.63, 3.8) is 0 Å². The molecule has 0 radical (unpaired) electrons. The summed E-state index contributed by atoms with van der Waals surface area (Å²) in [4.78, 5) is 34.0. The predicted octanol–water partition coefficient (Wildman–Crippen LogP) is 0.839. The molecule has 8 nitrogen and oxygen atoms in total. The molecule has 0 bridgehead atoms. The maximum absolute atomic E-state index is 12.1. The summed E-state index contributed by atoms with van der Waals surface area (Å²) < 4.78 is 14.5. The fourth-order valence-electron chi connectivity index (χ4n) is 1.86. The Morgan fingerprint density at radius 1 is 1.20 bits per heavy atom. The van der Waals surface area contributed by atoms with Crippen molar-refractivity contribution < 1.29 is 38.8 Å². The molecule has 2 atom stereocenters. The molecule has 0 aliphatic carbocycles. The van der Waals surface area contributed by atoms with Gasteiger partial charge in [0.15, 0.2) is 29.5 Å². The first-order chi connectivity index (χ1) is 11.7. The molecule has 0 aliphatic heterocycles. The lowest BCUT2D eigenvalue weighted by Gasteiger charge is -2.20. The third kappa shape index (κ3) is 6.64. The van der Waals surface area contributed by atoms with E-state index in [2.05, 4.69) is 4.74 Å². The number of rotatable bonds is 8. The second-order valence-electron chi connectivity index (χ2n) is 5.06. The van der Waals surface area contributed by atoms with Gasteiger partial charge in [0.05, 0.1) is 7.11 Å². The van der Waals surface area contributed by atoms with Gasteiger partial charge in [-0.3, -0.25) is 14.4 Å². The van der Waals surface area contributed by atoms with Gasteiger partial charge in [-0.2, -0.15) is 0 Å². The molecule has 1 aromatic carbocycles. The summed E-state index contributed by atoms with van der Waals surface area (Å²) in [5, 5.41) is 19.5. The molecule has 1 rings (SSSR count). The summed E-state index contributed by atoms with van der Waals surface area (Å²) in [6, 6.07) is 4.42. The third-order valence-electron chi connectivity index (χ3n) is 3.06. The van der Waals surface area contributed by atoms with Crippen LogP contribution in [0.5, 0.6) is 11.5 Å². The minimum absolute atomic E-state index is 0.0534. The average Bonchev–Trinajstić information content (AvgIpc) is 2.56. The Labute approximate surface area is 144 Å². The standard InChI is InChI=1S/C17H20O8/c1-10(18)24-9-16(25-11(2)19)17(22)14(21)7-5-12-4-6-13(20)15(8-12)23-3/h4-8,16-17,20,22H,9H2,1-3H3/b7-5+. The van der Waals surface area contributed by atoms with E-state index >= 15 is 0 Å². The van der Waals surface area contributed by atoms with Crippen molar-refractivity contribution in [3.05, 3.63) is 29.8 Å². The first-order valence-electron chi connectivity index (χ1n) is 7.32. The molecular formula is C17H20O8. The molecule has 8 heteroatoms. The van der Waals surface area contributed by atoms with E-state index in [1.165, 1.54) is 31.4 Å². The number of carbonyl (C=O) groups excluding carboxylic acids is 3. The Balaban J connectivity index is 2.83. The van der Waals surface area contributed by atoms with Crippen molar-refractivity contribution >= 4 is 23.8 Å². The van der Waals surface area contributed by atoms with Crippen molar-refractivity contribution in [2.45, 2.75) is 26.1 Å². The maximum Gasteiger partial charge on any atom is 0.303 e. The van der Waals surface area contributed by atoms with Gasteiger partial charge >= 0.3 is 11.9 Å². The van der Waals surface area contributed by atoms with Crippen LogP contribution in [0.4, 0.5) is 0 Å². The number of phenolic OH excluding ortho intramolecular Hbond substituents is 1. The first-order valence-corrected chi connectivity index (χ1v) is 7.32. The van der Waals surface area contributed by atoms with Gasteiger partial charge in [0.1, 0.15) is 6.61 Å². The summed E-state index contributed by atoms with van der Waals surface area (Å²) in [5.41, 5.74) is 0.541. The van der Waals surface area contributed by atoms with Gasteiger partial charge < -0.3 is 24.4 Å². The van der Waals surface area contributed by atoms with E-state index in [4.69, 9.17) is 9.47 Å². The Morgan fingerprint density at radius 2 is 1.88 bits per heavy atom. The number of methoxy groups -OCH3 is 1. The number of esters is 2. The molecule has 1 aromatic rings. The summed E-state index contributed by atoms with van der Waals surface area (Å²) in [6.45, 7) is 1.82. The fourth-order valence-corrected chi connectivity index (χ4v) is 1.86. The Morgan fingerprint density at radius 3 is 2.44 bits per heavy atom. The highest BCUT2D eigenvalue weighted by Crippen LogP contribution is 2.26. The number of aliphatic hydroxyl groups is 1. The number of aliphatic hydroxyl groups excluding tert-OH is 1. The highest BCUT2D eigenvalue weighted by molar-refractivity contribution is 5.97. The van der Waals surface area contributed by atoms with E-state index in [1.54, 1.807) is 0 Å². The van der Waals surface area contributed by atoms with E-state index in [1.807, 2.05) is 0 Å². The molecule has 0 saturated carbocycles. The smallest absolute Gasteiger partial charge is 0.303 e. The van der Waals surface area contributed by atoms with Gasteiger partial charge in [0.25, 0.3) is 0 Å². The van der Waals surface area contributed by atoms with E-state index in [0.717, 1.165) is 19.9 Å². The van der Waals surface area contributed by atoms with Crippen molar-refractivity contribution in [1.29, 1.82) is 0 Å². The number of benzene rings is 1. The van der Waals surface area contributed by atoms with Gasteiger partial charge in [-0.1, -0.05) is 12.1 Å². The monoisotopic (exact) mass is 352 g/mol. The summed E-state index contributed by atoms with van der Waals surface area (Å²) in [6.07, 6.45) is -0.531. The van der Waals surface area contributed by atoms with Crippen LogP contribution >= 0.6 is 0 Å². The molecule has 2 unspecified atom stereocenters. The highest BCUT2D eigenvalue weighted by atomic mass is 16.6. The first kappa shape index (κ1) is 20.2. The lowest BCUT2D eigenvalue weighted by molar-refractivity contribution is -0.165. The predicted molar refractivity (Wildman–Crippen MR) is 86.9 cm³/mol. The normalized spacial score (nSPS) is 13.1. The molecule has 25 heavy (non-hydrogen) atoms. The Kier molecular flexibility index (Phi) is 7.61. The van der Waals surface area contributed by atoms with Crippen molar-refractivity contribution in [2.75, 3.05) is 13.7 Å². The van der Waals surface area contributed by atoms with Crippen LogP contribution in [0.2, 0.25) is 0 Å². The van der Waals surface area contributed by atoms with Crippen molar-refractivity contribution in [3.8, 4) is 11.5 Å². The van der Waals surface area contributed by atoms with Gasteiger partial charge in [-0.15, -0.1) is 0 Å². The SMILES string of the molecule is COc1cc(/C=C/C(=O)C(O)C(COC(C)=O)OC(C)=O)ccc1O. The van der Waals surface area contributed by atoms with Gasteiger partial charge in [0, 0.05) is 13.8 Å². The largest absolute Gasteiger partial charge is 0.504 e. The molecule has 0 heterocycles. The number of aromatic hydroxyl groups is 1. The van der Waals surface area contributed by atoms with Crippen LogP contribution < -0.4 is 4.74 Å². The van der Waals surface area contributed by atoms with E-state index < -0.39 is 36.5 Å². The molecule has 0 spiro atoms. The maximum atomic E-state index is 12.1. The Bertz CT molecular complexity index is 665. The fraction of sp³-hybridized carbons (Fsp3) is 0.353. The lowest BCUT2D eigenvalue weighted by Crippen LogP contribution is -2.40. The van der Waals surface area contributed by atoms with E-state index in [-0.39, 0.29) is 11.5 Å². The zero-order chi connectivity index (χ0) is 19.0. The van der Waals surface area contributed by atoms with Crippen LogP contribution in [-0.2, 0) is 23.9 Å². The Hall–Kier alpha value is -2.87. The van der Waals surface area contributed by atoms with Crippen LogP contribution in [0.15, 0.2) is 24.3 Å². The number of hydrogen-bond acceptors (Lipinski definition) is 8.